The third-order valence-electron chi connectivity index (χ3n) is 6.65. The lowest BCUT2D eigenvalue weighted by Crippen LogP contribution is -2.51. The molecule has 0 bridgehead atoms. The Bertz CT molecular complexity index is 1160. The summed E-state index contributed by atoms with van der Waals surface area (Å²) in [6, 6.07) is 10.6. The summed E-state index contributed by atoms with van der Waals surface area (Å²) in [6.07, 6.45) is 2.71. The first kappa shape index (κ1) is 24.6. The predicted molar refractivity (Wildman–Crippen MR) is 136 cm³/mol. The zero-order chi connectivity index (χ0) is 25.1. The van der Waals surface area contributed by atoms with E-state index in [4.69, 9.17) is 32.9 Å². The highest BCUT2D eigenvalue weighted by molar-refractivity contribution is 6.39. The monoisotopic (exact) mass is 532 g/mol. The van der Waals surface area contributed by atoms with Crippen LogP contribution in [0.3, 0.4) is 0 Å². The maximum Gasteiger partial charge on any atom is 0.430 e. The van der Waals surface area contributed by atoms with Crippen molar-refractivity contribution >= 4 is 52.4 Å². The van der Waals surface area contributed by atoms with Crippen LogP contribution in [-0.4, -0.2) is 77.5 Å². The largest absolute Gasteiger partial charge is 0.430 e. The van der Waals surface area contributed by atoms with Crippen LogP contribution in [0.2, 0.25) is 10.0 Å². The second-order valence-electron chi connectivity index (χ2n) is 8.99. The Labute approximate surface area is 218 Å². The van der Waals surface area contributed by atoms with Gasteiger partial charge >= 0.3 is 6.09 Å². The number of benzene rings is 1. The lowest BCUT2D eigenvalue weighted by Gasteiger charge is -2.36. The molecule has 1 N–H and O–H groups in total. The molecule has 0 saturated carbocycles. The molecule has 2 aromatic rings. The first-order chi connectivity index (χ1) is 17.4. The number of hydrogen-bond acceptors (Lipinski definition) is 8. The Morgan fingerprint density at radius 3 is 2.42 bits per heavy atom. The van der Waals surface area contributed by atoms with Crippen LogP contribution in [0.5, 0.6) is 0 Å². The molecule has 2 saturated heterocycles. The quantitative estimate of drug-likeness (QED) is 0.638. The highest BCUT2D eigenvalue weighted by Crippen LogP contribution is 2.35. The van der Waals surface area contributed by atoms with E-state index in [1.165, 1.54) is 0 Å². The highest BCUT2D eigenvalue weighted by atomic mass is 35.5. The summed E-state index contributed by atoms with van der Waals surface area (Å²) in [6.45, 7) is 3.33. The Hall–Kier alpha value is -3.08. The van der Waals surface area contributed by atoms with Crippen LogP contribution in [0.4, 0.5) is 16.3 Å². The molecule has 10 nitrogen and oxygen atoms in total. The van der Waals surface area contributed by atoms with Crippen LogP contribution in [0.1, 0.15) is 19.3 Å². The van der Waals surface area contributed by atoms with Gasteiger partial charge in [0.1, 0.15) is 17.1 Å². The molecule has 1 aromatic carbocycles. The number of para-hydroxylation sites is 1. The molecule has 3 aliphatic rings. The highest BCUT2D eigenvalue weighted by Gasteiger charge is 2.45. The van der Waals surface area contributed by atoms with Crippen molar-refractivity contribution in [2.24, 2.45) is 5.16 Å². The first-order valence-corrected chi connectivity index (χ1v) is 12.6. The summed E-state index contributed by atoms with van der Waals surface area (Å²) in [5.74, 6) is 0.637. The number of carbonyl (C=O) groups is 2. The van der Waals surface area contributed by atoms with Gasteiger partial charge in [-0.15, -0.1) is 5.06 Å². The Morgan fingerprint density at radius 1 is 0.972 bits per heavy atom. The van der Waals surface area contributed by atoms with Gasteiger partial charge in [-0.2, -0.15) is 0 Å². The molecule has 0 radical (unpaired) electrons. The summed E-state index contributed by atoms with van der Waals surface area (Å²) >= 11 is 12.3. The van der Waals surface area contributed by atoms with Crippen LogP contribution in [0.15, 0.2) is 47.8 Å². The maximum absolute atomic E-state index is 13.1. The van der Waals surface area contributed by atoms with Gasteiger partial charge in [-0.1, -0.05) is 40.5 Å². The fourth-order valence-electron chi connectivity index (χ4n) is 4.62. The summed E-state index contributed by atoms with van der Waals surface area (Å²) in [4.78, 5) is 44.8. The molecule has 0 atom stereocenters. The summed E-state index contributed by atoms with van der Waals surface area (Å²) < 4.78 is 0. The summed E-state index contributed by atoms with van der Waals surface area (Å²) in [5, 5.41) is 9.42. The average Bonchev–Trinajstić information content (AvgIpc) is 3.30. The number of anilines is 2. The molecule has 4 heterocycles. The van der Waals surface area contributed by atoms with Gasteiger partial charge in [-0.25, -0.2) is 9.78 Å². The van der Waals surface area contributed by atoms with Crippen molar-refractivity contribution < 1.29 is 19.3 Å². The second-order valence-corrected chi connectivity index (χ2v) is 9.80. The van der Waals surface area contributed by atoms with E-state index < -0.39 is 11.7 Å². The van der Waals surface area contributed by atoms with Crippen LogP contribution >= 0.6 is 23.2 Å². The molecule has 0 aliphatic carbocycles. The third kappa shape index (κ3) is 5.35. The molecule has 12 heteroatoms. The van der Waals surface area contributed by atoms with Crippen LogP contribution in [-0.2, 0) is 14.5 Å². The molecular formula is C24H26Cl2N6O4. The van der Waals surface area contributed by atoms with Gasteiger partial charge in [-0.3, -0.25) is 10.1 Å². The number of amides is 2. The van der Waals surface area contributed by atoms with Crippen molar-refractivity contribution in [2.75, 3.05) is 49.5 Å². The molecule has 5 rings (SSSR count). The summed E-state index contributed by atoms with van der Waals surface area (Å²) in [7, 11) is 0. The van der Waals surface area contributed by atoms with Gasteiger partial charge in [0.2, 0.25) is 0 Å². The topological polar surface area (TPSA) is 99.6 Å². The number of oxime groups is 1. The molecule has 2 fully saturated rings. The lowest BCUT2D eigenvalue weighted by atomic mass is 9.87. The van der Waals surface area contributed by atoms with Gasteiger partial charge < -0.3 is 19.5 Å². The predicted octanol–water partition coefficient (Wildman–Crippen LogP) is 3.81. The third-order valence-corrected chi connectivity index (χ3v) is 7.27. The molecule has 1 spiro atoms. The van der Waals surface area contributed by atoms with Crippen LogP contribution in [0, 0.1) is 0 Å². The minimum atomic E-state index is -0.607. The minimum absolute atomic E-state index is 0.101. The van der Waals surface area contributed by atoms with Crippen molar-refractivity contribution in [2.45, 2.75) is 24.9 Å². The number of hydroxylamine groups is 2. The van der Waals surface area contributed by atoms with Crippen molar-refractivity contribution in [3.05, 3.63) is 52.6 Å². The van der Waals surface area contributed by atoms with E-state index in [1.54, 1.807) is 46.5 Å². The van der Waals surface area contributed by atoms with Crippen LogP contribution < -0.4 is 10.2 Å². The van der Waals surface area contributed by atoms with Gasteiger partial charge in [0, 0.05) is 64.7 Å². The number of rotatable bonds is 4. The van der Waals surface area contributed by atoms with Gasteiger partial charge in [0.05, 0.1) is 15.7 Å². The second kappa shape index (κ2) is 10.5. The number of carbonyl (C=O) groups excluding carboxylic acids is 2. The van der Waals surface area contributed by atoms with Crippen molar-refractivity contribution in [3.63, 3.8) is 0 Å². The number of piperidine rings is 1. The first-order valence-electron chi connectivity index (χ1n) is 11.8. The van der Waals surface area contributed by atoms with Crippen LogP contribution in [0.25, 0.3) is 0 Å². The van der Waals surface area contributed by atoms with Crippen molar-refractivity contribution in [1.82, 2.24) is 14.9 Å². The number of hydrogen-bond donors (Lipinski definition) is 1. The Kier molecular flexibility index (Phi) is 7.17. The molecule has 0 unspecified atom stereocenters. The van der Waals surface area contributed by atoms with Crippen molar-refractivity contribution in [1.29, 1.82) is 0 Å². The van der Waals surface area contributed by atoms with Gasteiger partial charge in [-0.05, 0) is 24.3 Å². The zero-order valence-corrected chi connectivity index (χ0v) is 21.0. The number of piperazine rings is 1. The molecule has 1 aromatic heterocycles. The van der Waals surface area contributed by atoms with E-state index in [2.05, 4.69) is 20.4 Å². The smallest absolute Gasteiger partial charge is 0.388 e. The zero-order valence-electron chi connectivity index (χ0n) is 19.5. The van der Waals surface area contributed by atoms with E-state index in [0.717, 1.165) is 5.82 Å². The molecule has 3 aliphatic heterocycles. The molecule has 2 amide bonds. The SMILES string of the molecule is O=C(Nc1ccccc1Cl)ON1CCC2(CC1)CC(C(=O)N1CCN(c3ncccc3Cl)CC1)=NO2. The fraction of sp³-hybridized carbons (Fsp3) is 0.417. The van der Waals surface area contributed by atoms with E-state index >= 15 is 0 Å². The standard InChI is InChI=1S/C24H26Cl2N6O4/c25-17-4-1-2-6-19(17)28-23(34)35-32-10-7-24(8-11-32)16-20(29-36-24)22(33)31-14-12-30(13-15-31)21-18(26)5-3-9-27-21/h1-6,9H,7-8,10-16H2,(H,28,34). The van der Waals surface area contributed by atoms with E-state index in [1.807, 2.05) is 6.07 Å². The van der Waals surface area contributed by atoms with E-state index in [9.17, 15) is 9.59 Å². The molecule has 36 heavy (non-hydrogen) atoms. The van der Waals surface area contributed by atoms with Crippen molar-refractivity contribution in [3.8, 4) is 0 Å². The number of nitrogens with zero attached hydrogens (tertiary/aromatic N) is 5. The van der Waals surface area contributed by atoms with Gasteiger partial charge in [0.25, 0.3) is 5.91 Å². The van der Waals surface area contributed by atoms with E-state index in [0.29, 0.717) is 80.0 Å². The average molecular weight is 533 g/mol. The van der Waals surface area contributed by atoms with E-state index in [-0.39, 0.29) is 5.91 Å². The summed E-state index contributed by atoms with van der Waals surface area (Å²) in [5.41, 5.74) is 0.371. The number of pyridine rings is 1. The number of aromatic nitrogens is 1. The van der Waals surface area contributed by atoms with Gasteiger partial charge in [0.15, 0.2) is 0 Å². The number of nitrogens with one attached hydrogen (secondary N) is 1. The molecular weight excluding hydrogens is 507 g/mol. The number of halogens is 2. The lowest BCUT2D eigenvalue weighted by molar-refractivity contribution is -0.154. The normalized spacial score (nSPS) is 19.6. The molecule has 190 valence electrons. The minimum Gasteiger partial charge on any atom is -0.388 e. The fourth-order valence-corrected chi connectivity index (χ4v) is 5.04. The Morgan fingerprint density at radius 2 is 1.69 bits per heavy atom. The Balaban J connectivity index is 1.08. The maximum atomic E-state index is 13.1.